The molecule has 1 amide bonds. The number of alkyl halides is 3. The summed E-state index contributed by atoms with van der Waals surface area (Å²) >= 11 is 3.23. The summed E-state index contributed by atoms with van der Waals surface area (Å²) in [5, 5.41) is 25.6. The number of furan rings is 1. The third-order valence-corrected chi connectivity index (χ3v) is 5.05. The molecule has 176 valence electrons. The van der Waals surface area contributed by atoms with Crippen molar-refractivity contribution < 1.29 is 32.2 Å². The van der Waals surface area contributed by atoms with Gasteiger partial charge in [-0.05, 0) is 40.2 Å². The molecule has 0 aliphatic rings. The van der Waals surface area contributed by atoms with Gasteiger partial charge in [0, 0.05) is 33.8 Å². The highest BCUT2D eigenvalue weighted by atomic mass is 79.9. The van der Waals surface area contributed by atoms with Crippen LogP contribution < -0.4 is 5.43 Å². The number of hydrogen-bond donors (Lipinski definition) is 1. The predicted octanol–water partition coefficient (Wildman–Crippen LogP) is 5.24. The topological polar surface area (TPSA) is 141 Å². The molecule has 1 heterocycles. The van der Waals surface area contributed by atoms with E-state index in [9.17, 15) is 38.2 Å². The third kappa shape index (κ3) is 5.83. The summed E-state index contributed by atoms with van der Waals surface area (Å²) in [6, 6.07) is 9.07. The summed E-state index contributed by atoms with van der Waals surface area (Å²) in [6.45, 7) is 0. The van der Waals surface area contributed by atoms with Gasteiger partial charge in [0.15, 0.2) is 0 Å². The van der Waals surface area contributed by atoms with Crippen LogP contribution >= 0.6 is 15.9 Å². The van der Waals surface area contributed by atoms with E-state index in [-0.39, 0.29) is 17.0 Å². The first-order valence-corrected chi connectivity index (χ1v) is 9.95. The van der Waals surface area contributed by atoms with Crippen LogP contribution in [-0.2, 0) is 17.4 Å². The molecule has 0 saturated heterocycles. The minimum absolute atomic E-state index is 0.111. The number of non-ortho nitro benzene ring substituents is 1. The van der Waals surface area contributed by atoms with E-state index in [4.69, 9.17) is 4.42 Å². The molecular formula is C20H12BrF3N4O6. The second-order valence-electron chi connectivity index (χ2n) is 6.69. The highest BCUT2D eigenvalue weighted by molar-refractivity contribution is 9.10. The van der Waals surface area contributed by atoms with E-state index in [1.54, 1.807) is 6.07 Å². The Morgan fingerprint density at radius 2 is 1.82 bits per heavy atom. The molecule has 3 aromatic rings. The highest BCUT2D eigenvalue weighted by Gasteiger charge is 2.33. The number of carbonyl (C=O) groups is 1. The normalized spacial score (nSPS) is 11.5. The Labute approximate surface area is 196 Å². The van der Waals surface area contributed by atoms with Crippen molar-refractivity contribution in [2.75, 3.05) is 0 Å². The largest absolute Gasteiger partial charge is 0.455 e. The second-order valence-corrected chi connectivity index (χ2v) is 7.55. The van der Waals surface area contributed by atoms with Gasteiger partial charge in [0.1, 0.15) is 11.5 Å². The van der Waals surface area contributed by atoms with Gasteiger partial charge in [-0.15, -0.1) is 0 Å². The third-order valence-electron chi connectivity index (χ3n) is 4.40. The quantitative estimate of drug-likeness (QED) is 0.247. The fraction of sp³-hybridized carbons (Fsp3) is 0.100. The van der Waals surface area contributed by atoms with E-state index >= 15 is 0 Å². The molecule has 14 heteroatoms. The summed E-state index contributed by atoms with van der Waals surface area (Å²) in [5.41, 5.74) is 0.284. The Bertz CT molecular complexity index is 1310. The van der Waals surface area contributed by atoms with Crippen LogP contribution in [0.4, 0.5) is 24.5 Å². The molecule has 0 aliphatic heterocycles. The van der Waals surface area contributed by atoms with E-state index in [0.29, 0.717) is 27.9 Å². The zero-order chi connectivity index (χ0) is 25.0. The molecule has 1 aromatic heterocycles. The van der Waals surface area contributed by atoms with Gasteiger partial charge in [0.2, 0.25) is 5.91 Å². The summed E-state index contributed by atoms with van der Waals surface area (Å²) < 4.78 is 44.3. The summed E-state index contributed by atoms with van der Waals surface area (Å²) in [5.74, 6) is -0.236. The molecule has 0 spiro atoms. The first kappa shape index (κ1) is 24.6. The van der Waals surface area contributed by atoms with Gasteiger partial charge in [-0.25, -0.2) is 5.43 Å². The van der Waals surface area contributed by atoms with E-state index in [0.717, 1.165) is 12.3 Å². The standard InChI is InChI=1S/C20H12BrF3N4O6/c21-16-9-13(27(30)31)3-5-15(16)18-6-4-14(34-18)10-25-26-19(29)7-11-1-2-12(20(22,23)24)8-17(11)28(32)33/h1-6,8-10H,7H2,(H,26,29)/b25-10+. The minimum atomic E-state index is -4.76. The first-order chi connectivity index (χ1) is 16.0. The van der Waals surface area contributed by atoms with Crippen molar-refractivity contribution in [3.8, 4) is 11.3 Å². The molecule has 2 aromatic carbocycles. The van der Waals surface area contributed by atoms with Crippen LogP contribution in [0.3, 0.4) is 0 Å². The second kappa shape index (κ2) is 9.82. The Morgan fingerprint density at radius 3 is 2.44 bits per heavy atom. The van der Waals surface area contributed by atoms with E-state index < -0.39 is 39.6 Å². The highest BCUT2D eigenvalue weighted by Crippen LogP contribution is 2.34. The molecule has 0 atom stereocenters. The number of nitrogens with zero attached hydrogens (tertiary/aromatic N) is 3. The molecule has 3 rings (SSSR count). The van der Waals surface area contributed by atoms with Crippen LogP contribution in [0.2, 0.25) is 0 Å². The number of rotatable bonds is 7. The van der Waals surface area contributed by atoms with Crippen molar-refractivity contribution in [3.05, 3.63) is 90.1 Å². The average molecular weight is 541 g/mol. The maximum absolute atomic E-state index is 12.8. The van der Waals surface area contributed by atoms with Crippen LogP contribution in [0.15, 0.2) is 62.5 Å². The van der Waals surface area contributed by atoms with Crippen molar-refractivity contribution >= 4 is 39.4 Å². The zero-order valence-corrected chi connectivity index (χ0v) is 18.3. The lowest BCUT2D eigenvalue weighted by Gasteiger charge is -2.08. The minimum Gasteiger partial charge on any atom is -0.455 e. The lowest BCUT2D eigenvalue weighted by atomic mass is 10.1. The predicted molar refractivity (Wildman–Crippen MR) is 116 cm³/mol. The van der Waals surface area contributed by atoms with Crippen LogP contribution in [0.1, 0.15) is 16.9 Å². The molecule has 0 fully saturated rings. The summed E-state index contributed by atoms with van der Waals surface area (Å²) in [6.07, 6.45) is -4.20. The van der Waals surface area contributed by atoms with Gasteiger partial charge in [0.25, 0.3) is 11.4 Å². The molecule has 1 N–H and O–H groups in total. The lowest BCUT2D eigenvalue weighted by molar-refractivity contribution is -0.385. The molecule has 0 bridgehead atoms. The van der Waals surface area contributed by atoms with Crippen LogP contribution in [0.5, 0.6) is 0 Å². The fourth-order valence-electron chi connectivity index (χ4n) is 2.82. The number of nitro benzene ring substituents is 2. The van der Waals surface area contributed by atoms with Crippen molar-refractivity contribution in [1.82, 2.24) is 5.43 Å². The summed E-state index contributed by atoms with van der Waals surface area (Å²) in [7, 11) is 0. The van der Waals surface area contributed by atoms with Gasteiger partial charge in [0.05, 0.1) is 28.0 Å². The fourth-order valence-corrected chi connectivity index (χ4v) is 3.39. The maximum atomic E-state index is 12.8. The number of hydrogen-bond acceptors (Lipinski definition) is 7. The van der Waals surface area contributed by atoms with Gasteiger partial charge in [-0.3, -0.25) is 25.0 Å². The lowest BCUT2D eigenvalue weighted by Crippen LogP contribution is -2.20. The molecule has 10 nitrogen and oxygen atoms in total. The first-order valence-electron chi connectivity index (χ1n) is 9.16. The number of nitrogens with one attached hydrogen (secondary N) is 1. The van der Waals surface area contributed by atoms with E-state index in [1.165, 1.54) is 24.3 Å². The SMILES string of the molecule is O=C(Cc1ccc(C(F)(F)F)cc1[N+](=O)[O-])N/N=C/c1ccc(-c2ccc([N+](=O)[O-])cc2Br)o1. The molecular weight excluding hydrogens is 529 g/mol. The van der Waals surface area contributed by atoms with Gasteiger partial charge >= 0.3 is 6.18 Å². The number of hydrazone groups is 1. The van der Waals surface area contributed by atoms with Crippen molar-refractivity contribution in [1.29, 1.82) is 0 Å². The van der Waals surface area contributed by atoms with Crippen molar-refractivity contribution in [2.24, 2.45) is 5.10 Å². The van der Waals surface area contributed by atoms with Gasteiger partial charge in [-0.1, -0.05) is 6.07 Å². The number of carbonyl (C=O) groups excluding carboxylic acids is 1. The molecule has 0 unspecified atom stereocenters. The number of nitro groups is 2. The smallest absolute Gasteiger partial charge is 0.416 e. The van der Waals surface area contributed by atoms with Crippen LogP contribution in [0, 0.1) is 20.2 Å². The molecule has 0 aliphatic carbocycles. The van der Waals surface area contributed by atoms with Gasteiger partial charge < -0.3 is 4.42 Å². The Kier molecular flexibility index (Phi) is 7.10. The molecule has 0 radical (unpaired) electrons. The van der Waals surface area contributed by atoms with E-state index in [1.807, 2.05) is 0 Å². The molecule has 0 saturated carbocycles. The number of benzene rings is 2. The van der Waals surface area contributed by atoms with Crippen molar-refractivity contribution in [2.45, 2.75) is 12.6 Å². The Hall–Kier alpha value is -4.07. The molecule has 34 heavy (non-hydrogen) atoms. The van der Waals surface area contributed by atoms with Crippen LogP contribution in [0.25, 0.3) is 11.3 Å². The number of amides is 1. The maximum Gasteiger partial charge on any atom is 0.416 e. The van der Waals surface area contributed by atoms with Crippen LogP contribution in [-0.4, -0.2) is 22.0 Å². The zero-order valence-electron chi connectivity index (χ0n) is 16.7. The monoisotopic (exact) mass is 540 g/mol. The Balaban J connectivity index is 1.67. The Morgan fingerprint density at radius 1 is 1.09 bits per heavy atom. The van der Waals surface area contributed by atoms with E-state index in [2.05, 4.69) is 26.5 Å². The van der Waals surface area contributed by atoms with Gasteiger partial charge in [-0.2, -0.15) is 18.3 Å². The summed E-state index contributed by atoms with van der Waals surface area (Å²) in [4.78, 5) is 32.4. The number of halogens is 4. The van der Waals surface area contributed by atoms with Crippen molar-refractivity contribution in [3.63, 3.8) is 0 Å². The average Bonchev–Trinajstić information content (AvgIpc) is 3.21.